The summed E-state index contributed by atoms with van der Waals surface area (Å²) in [5.41, 5.74) is 1.57. The van der Waals surface area contributed by atoms with Gasteiger partial charge in [-0.25, -0.2) is 0 Å². The Bertz CT molecular complexity index is 414. The molecule has 0 radical (unpaired) electrons. The Morgan fingerprint density at radius 3 is 3.12 bits per heavy atom. The van der Waals surface area contributed by atoms with Gasteiger partial charge in [0.1, 0.15) is 0 Å². The second-order valence-electron chi connectivity index (χ2n) is 5.08. The number of hydrogen-bond donors (Lipinski definition) is 2. The first kappa shape index (κ1) is 10.8. The van der Waals surface area contributed by atoms with Crippen molar-refractivity contribution in [2.45, 2.75) is 25.8 Å². The first-order chi connectivity index (χ1) is 8.25. The number of nitrogens with one attached hydrogen (secondary N) is 2. The largest absolute Gasteiger partial charge is 0.337 e. The minimum Gasteiger partial charge on any atom is -0.337 e. The van der Waals surface area contributed by atoms with Crippen molar-refractivity contribution >= 4 is 5.91 Å². The van der Waals surface area contributed by atoms with E-state index in [0.717, 1.165) is 25.3 Å². The van der Waals surface area contributed by atoms with E-state index >= 15 is 0 Å². The van der Waals surface area contributed by atoms with Crippen LogP contribution in [0.15, 0.2) is 6.20 Å². The SMILES string of the molecule is Cc1[nH]ncc1C(=O)N1C[C@@H]2CCCN[C@@H]2C1. The molecule has 1 amide bonds. The summed E-state index contributed by atoms with van der Waals surface area (Å²) in [6.45, 7) is 4.71. The molecule has 3 rings (SSSR count). The van der Waals surface area contributed by atoms with Crippen molar-refractivity contribution in [3.8, 4) is 0 Å². The van der Waals surface area contributed by atoms with Gasteiger partial charge >= 0.3 is 0 Å². The average Bonchev–Trinajstić information content (AvgIpc) is 2.93. The highest BCUT2D eigenvalue weighted by molar-refractivity contribution is 5.95. The van der Waals surface area contributed by atoms with Crippen molar-refractivity contribution in [2.75, 3.05) is 19.6 Å². The van der Waals surface area contributed by atoms with Crippen molar-refractivity contribution in [3.05, 3.63) is 17.5 Å². The lowest BCUT2D eigenvalue weighted by molar-refractivity contribution is 0.0785. The molecule has 2 aliphatic rings. The summed E-state index contributed by atoms with van der Waals surface area (Å²) in [6.07, 6.45) is 4.10. The van der Waals surface area contributed by atoms with Gasteiger partial charge in [-0.3, -0.25) is 9.89 Å². The molecule has 0 spiro atoms. The number of aryl methyl sites for hydroxylation is 1. The zero-order valence-electron chi connectivity index (χ0n) is 10.1. The molecular formula is C12H18N4O. The van der Waals surface area contributed by atoms with Gasteiger partial charge in [0.15, 0.2) is 0 Å². The van der Waals surface area contributed by atoms with Crippen LogP contribution in [0.1, 0.15) is 28.9 Å². The van der Waals surface area contributed by atoms with Crippen molar-refractivity contribution in [1.29, 1.82) is 0 Å². The molecule has 17 heavy (non-hydrogen) atoms. The standard InChI is InChI=1S/C12H18N4O/c1-8-10(5-14-15-8)12(17)16-6-9-3-2-4-13-11(9)7-16/h5,9,11,13H,2-4,6-7H2,1H3,(H,14,15)/t9-,11+/m0/s1. The van der Waals surface area contributed by atoms with E-state index in [4.69, 9.17) is 0 Å². The topological polar surface area (TPSA) is 61.0 Å². The molecule has 0 aliphatic carbocycles. The molecule has 0 unspecified atom stereocenters. The number of carbonyl (C=O) groups excluding carboxylic acids is 1. The van der Waals surface area contributed by atoms with E-state index in [2.05, 4.69) is 15.5 Å². The van der Waals surface area contributed by atoms with Crippen LogP contribution in [0.4, 0.5) is 0 Å². The second-order valence-corrected chi connectivity index (χ2v) is 5.08. The van der Waals surface area contributed by atoms with Crippen LogP contribution in [0, 0.1) is 12.8 Å². The number of nitrogens with zero attached hydrogens (tertiary/aromatic N) is 2. The number of fused-ring (bicyclic) bond motifs is 1. The number of aromatic amines is 1. The van der Waals surface area contributed by atoms with Gasteiger partial charge in [-0.1, -0.05) is 0 Å². The normalized spacial score (nSPS) is 28.2. The third-order valence-corrected chi connectivity index (χ3v) is 3.95. The molecule has 0 aromatic carbocycles. The van der Waals surface area contributed by atoms with Gasteiger partial charge in [-0.15, -0.1) is 0 Å². The molecule has 0 saturated carbocycles. The number of rotatable bonds is 1. The lowest BCUT2D eigenvalue weighted by atomic mass is 9.94. The number of carbonyl (C=O) groups is 1. The van der Waals surface area contributed by atoms with E-state index in [1.807, 2.05) is 11.8 Å². The highest BCUT2D eigenvalue weighted by Gasteiger charge is 2.37. The summed E-state index contributed by atoms with van der Waals surface area (Å²) >= 11 is 0. The minimum absolute atomic E-state index is 0.118. The molecule has 1 aromatic rings. The van der Waals surface area contributed by atoms with Crippen LogP contribution < -0.4 is 5.32 Å². The smallest absolute Gasteiger partial charge is 0.257 e. The maximum absolute atomic E-state index is 12.3. The summed E-state index contributed by atoms with van der Waals surface area (Å²) in [5.74, 6) is 0.757. The molecule has 2 aliphatic heterocycles. The Morgan fingerprint density at radius 1 is 1.53 bits per heavy atom. The number of likely N-dealkylation sites (tertiary alicyclic amines) is 1. The highest BCUT2D eigenvalue weighted by atomic mass is 16.2. The summed E-state index contributed by atoms with van der Waals surface area (Å²) in [7, 11) is 0. The van der Waals surface area contributed by atoms with E-state index < -0.39 is 0 Å². The van der Waals surface area contributed by atoms with E-state index in [1.54, 1.807) is 6.20 Å². The van der Waals surface area contributed by atoms with Crippen LogP contribution in [0.3, 0.4) is 0 Å². The van der Waals surface area contributed by atoms with Gasteiger partial charge in [0.2, 0.25) is 0 Å². The molecule has 3 heterocycles. The molecular weight excluding hydrogens is 216 g/mol. The summed E-state index contributed by atoms with van der Waals surface area (Å²) in [4.78, 5) is 14.3. The number of H-pyrrole nitrogens is 1. The maximum Gasteiger partial charge on any atom is 0.257 e. The summed E-state index contributed by atoms with van der Waals surface area (Å²) in [6, 6.07) is 0.500. The molecule has 2 fully saturated rings. The zero-order chi connectivity index (χ0) is 11.8. The van der Waals surface area contributed by atoms with Crippen molar-refractivity contribution in [2.24, 2.45) is 5.92 Å². The monoisotopic (exact) mass is 234 g/mol. The quantitative estimate of drug-likeness (QED) is 0.745. The summed E-state index contributed by atoms with van der Waals surface area (Å²) in [5, 5.41) is 10.2. The maximum atomic E-state index is 12.3. The van der Waals surface area contributed by atoms with Crippen LogP contribution in [-0.2, 0) is 0 Å². The molecule has 2 atom stereocenters. The van der Waals surface area contributed by atoms with Crippen LogP contribution in [0.5, 0.6) is 0 Å². The van der Waals surface area contributed by atoms with Gasteiger partial charge in [-0.05, 0) is 32.2 Å². The van der Waals surface area contributed by atoms with Crippen LogP contribution >= 0.6 is 0 Å². The zero-order valence-corrected chi connectivity index (χ0v) is 10.1. The Hall–Kier alpha value is -1.36. The minimum atomic E-state index is 0.118. The van der Waals surface area contributed by atoms with E-state index in [0.29, 0.717) is 17.5 Å². The lowest BCUT2D eigenvalue weighted by Gasteiger charge is -2.24. The van der Waals surface area contributed by atoms with Gasteiger partial charge < -0.3 is 10.2 Å². The average molecular weight is 234 g/mol. The number of aromatic nitrogens is 2. The fourth-order valence-corrected chi connectivity index (χ4v) is 2.95. The molecule has 5 nitrogen and oxygen atoms in total. The van der Waals surface area contributed by atoms with Crippen molar-refractivity contribution in [1.82, 2.24) is 20.4 Å². The van der Waals surface area contributed by atoms with E-state index in [9.17, 15) is 4.79 Å². The first-order valence-corrected chi connectivity index (χ1v) is 6.28. The molecule has 2 saturated heterocycles. The van der Waals surface area contributed by atoms with Gasteiger partial charge in [-0.2, -0.15) is 5.10 Å². The van der Waals surface area contributed by atoms with E-state index in [1.165, 1.54) is 12.8 Å². The third kappa shape index (κ3) is 1.84. The fraction of sp³-hybridized carbons (Fsp3) is 0.667. The van der Waals surface area contributed by atoms with Crippen molar-refractivity contribution in [3.63, 3.8) is 0 Å². The number of hydrogen-bond acceptors (Lipinski definition) is 3. The molecule has 5 heteroatoms. The fourth-order valence-electron chi connectivity index (χ4n) is 2.95. The second kappa shape index (κ2) is 4.14. The lowest BCUT2D eigenvalue weighted by Crippen LogP contribution is -2.41. The predicted octanol–water partition coefficient (Wildman–Crippen LogP) is 0.542. The van der Waals surface area contributed by atoms with Crippen molar-refractivity contribution < 1.29 is 4.79 Å². The molecule has 2 N–H and O–H groups in total. The van der Waals surface area contributed by atoms with E-state index in [-0.39, 0.29) is 5.91 Å². The third-order valence-electron chi connectivity index (χ3n) is 3.95. The number of amides is 1. The summed E-state index contributed by atoms with van der Waals surface area (Å²) < 4.78 is 0. The van der Waals surface area contributed by atoms with Crippen LogP contribution in [0.25, 0.3) is 0 Å². The van der Waals surface area contributed by atoms with Gasteiger partial charge in [0, 0.05) is 24.8 Å². The Kier molecular flexibility index (Phi) is 2.63. The molecule has 0 bridgehead atoms. The Labute approximate surface area is 101 Å². The number of piperidine rings is 1. The molecule has 92 valence electrons. The Morgan fingerprint density at radius 2 is 2.41 bits per heavy atom. The predicted molar refractivity (Wildman–Crippen MR) is 63.7 cm³/mol. The van der Waals surface area contributed by atoms with Gasteiger partial charge in [0.25, 0.3) is 5.91 Å². The van der Waals surface area contributed by atoms with Crippen LogP contribution in [0.2, 0.25) is 0 Å². The van der Waals surface area contributed by atoms with Gasteiger partial charge in [0.05, 0.1) is 11.8 Å². The molecule has 1 aromatic heterocycles. The first-order valence-electron chi connectivity index (χ1n) is 6.28. The highest BCUT2D eigenvalue weighted by Crippen LogP contribution is 2.26. The Balaban J connectivity index is 1.74. The van der Waals surface area contributed by atoms with Crippen LogP contribution in [-0.4, -0.2) is 46.7 Å².